The molecule has 2 aromatic rings. The number of esters is 1. The minimum atomic E-state index is -1.22. The molecule has 0 saturated heterocycles. The number of allylic oxidation sites excluding steroid dienone is 2. The molecule has 2 aromatic carbocycles. The van der Waals surface area contributed by atoms with Gasteiger partial charge in [0.2, 0.25) is 0 Å². The first-order valence-corrected chi connectivity index (χ1v) is 10.2. The van der Waals surface area contributed by atoms with Crippen molar-refractivity contribution in [3.63, 3.8) is 0 Å². The predicted molar refractivity (Wildman–Crippen MR) is 118 cm³/mol. The number of carboxylic acids is 1. The highest BCUT2D eigenvalue weighted by molar-refractivity contribution is 5.99. The lowest BCUT2D eigenvalue weighted by atomic mass is 9.80. The molecular weight excluding hydrogens is 412 g/mol. The van der Waals surface area contributed by atoms with Crippen LogP contribution in [-0.2, 0) is 14.3 Å². The van der Waals surface area contributed by atoms with E-state index < -0.39 is 28.9 Å². The topological polar surface area (TPSA) is 119 Å². The average molecular weight is 436 g/mol. The predicted octanol–water partition coefficient (Wildman–Crippen LogP) is 4.61. The van der Waals surface area contributed by atoms with Gasteiger partial charge >= 0.3 is 11.9 Å². The van der Waals surface area contributed by atoms with Crippen LogP contribution >= 0.6 is 0 Å². The van der Waals surface area contributed by atoms with Crippen LogP contribution < -0.4 is 5.32 Å². The van der Waals surface area contributed by atoms with Gasteiger partial charge in [-0.15, -0.1) is 0 Å². The monoisotopic (exact) mass is 436 g/mol. The highest BCUT2D eigenvalue weighted by Gasteiger charge is 2.38. The fraction of sp³-hybridized carbons (Fsp3) is 0.250. The minimum absolute atomic E-state index is 0.0594. The fourth-order valence-corrected chi connectivity index (χ4v) is 3.95. The average Bonchev–Trinajstić information content (AvgIpc) is 2.77. The number of benzene rings is 2. The van der Waals surface area contributed by atoms with E-state index in [-0.39, 0.29) is 16.8 Å². The maximum atomic E-state index is 13.4. The molecule has 2 atom stereocenters. The summed E-state index contributed by atoms with van der Waals surface area (Å²) in [6.07, 6.45) is 0.00696. The summed E-state index contributed by atoms with van der Waals surface area (Å²) >= 11 is 0. The molecule has 166 valence electrons. The minimum Gasteiger partial charge on any atom is -0.478 e. The Morgan fingerprint density at radius 3 is 2.34 bits per heavy atom. The molecule has 0 amide bonds. The molecule has 0 radical (unpaired) electrons. The van der Waals surface area contributed by atoms with Crippen molar-refractivity contribution in [3.8, 4) is 0 Å². The van der Waals surface area contributed by atoms with E-state index in [2.05, 4.69) is 5.32 Å². The zero-order valence-electron chi connectivity index (χ0n) is 18.0. The molecular formula is C24H24N2O6. The number of hydrogen-bond acceptors (Lipinski definition) is 6. The van der Waals surface area contributed by atoms with Crippen LogP contribution in [0.25, 0.3) is 0 Å². The van der Waals surface area contributed by atoms with Crippen molar-refractivity contribution in [2.75, 3.05) is 0 Å². The van der Waals surface area contributed by atoms with E-state index in [0.717, 1.165) is 5.56 Å². The maximum absolute atomic E-state index is 13.4. The van der Waals surface area contributed by atoms with Crippen LogP contribution in [0.15, 0.2) is 77.1 Å². The second kappa shape index (κ2) is 9.47. The Morgan fingerprint density at radius 1 is 1.09 bits per heavy atom. The standard InChI is InChI=1S/C24H24N2O6/c1-4-19(16-9-6-5-7-10-16)32-24(29)21-15(3)25-14(2)20(23(27)28)22(21)17-11-8-12-18(13-17)26(30)31/h5-13,19,22,25H,4H2,1-3H3,(H,27,28)/t19-,22+/m1/s1. The molecule has 0 bridgehead atoms. The second-order valence-corrected chi connectivity index (χ2v) is 7.51. The molecule has 0 saturated carbocycles. The third kappa shape index (κ3) is 4.54. The number of rotatable bonds is 7. The first-order valence-electron chi connectivity index (χ1n) is 10.2. The Bertz CT molecular complexity index is 1120. The molecule has 1 heterocycles. The van der Waals surface area contributed by atoms with Gasteiger partial charge in [0, 0.05) is 23.5 Å². The summed E-state index contributed by atoms with van der Waals surface area (Å²) in [7, 11) is 0. The van der Waals surface area contributed by atoms with Crippen LogP contribution in [0.3, 0.4) is 0 Å². The van der Waals surface area contributed by atoms with Gasteiger partial charge < -0.3 is 15.2 Å². The number of carbonyl (C=O) groups is 2. The zero-order valence-corrected chi connectivity index (χ0v) is 18.0. The van der Waals surface area contributed by atoms with Crippen LogP contribution in [0, 0.1) is 10.1 Å². The lowest BCUT2D eigenvalue weighted by Crippen LogP contribution is -2.32. The van der Waals surface area contributed by atoms with Crippen LogP contribution in [0.1, 0.15) is 50.3 Å². The van der Waals surface area contributed by atoms with Gasteiger partial charge in [0.1, 0.15) is 6.10 Å². The molecule has 8 nitrogen and oxygen atoms in total. The summed E-state index contributed by atoms with van der Waals surface area (Å²) in [5.74, 6) is -2.91. The quantitative estimate of drug-likeness (QED) is 0.370. The summed E-state index contributed by atoms with van der Waals surface area (Å²) in [4.78, 5) is 36.2. The van der Waals surface area contributed by atoms with Crippen molar-refractivity contribution in [3.05, 3.63) is 98.4 Å². The third-order valence-corrected chi connectivity index (χ3v) is 5.42. The van der Waals surface area contributed by atoms with Gasteiger partial charge in [-0.2, -0.15) is 0 Å². The summed E-state index contributed by atoms with van der Waals surface area (Å²) in [6.45, 7) is 5.14. The number of dihydropyridines is 1. The number of aliphatic carboxylic acids is 1. The Kier molecular flexibility index (Phi) is 6.73. The number of nitro benzene ring substituents is 1. The number of non-ortho nitro benzene ring substituents is 1. The zero-order chi connectivity index (χ0) is 23.4. The molecule has 0 spiro atoms. The van der Waals surface area contributed by atoms with E-state index in [1.807, 2.05) is 37.3 Å². The van der Waals surface area contributed by atoms with Gasteiger partial charge in [-0.1, -0.05) is 49.4 Å². The molecule has 0 unspecified atom stereocenters. The summed E-state index contributed by atoms with van der Waals surface area (Å²) in [5, 5.41) is 24.2. The van der Waals surface area contributed by atoms with Gasteiger partial charge in [-0.25, -0.2) is 9.59 Å². The van der Waals surface area contributed by atoms with Gasteiger partial charge in [-0.05, 0) is 31.4 Å². The van der Waals surface area contributed by atoms with E-state index in [4.69, 9.17) is 4.74 Å². The van der Waals surface area contributed by atoms with Crippen molar-refractivity contribution < 1.29 is 24.4 Å². The van der Waals surface area contributed by atoms with Crippen molar-refractivity contribution >= 4 is 17.6 Å². The molecule has 8 heteroatoms. The highest BCUT2D eigenvalue weighted by atomic mass is 16.6. The normalized spacial score (nSPS) is 16.9. The number of nitro groups is 1. The lowest BCUT2D eigenvalue weighted by Gasteiger charge is -2.30. The molecule has 0 aromatic heterocycles. The van der Waals surface area contributed by atoms with E-state index in [0.29, 0.717) is 23.4 Å². The van der Waals surface area contributed by atoms with Crippen LogP contribution in [-0.4, -0.2) is 22.0 Å². The molecule has 0 fully saturated rings. The van der Waals surface area contributed by atoms with Crippen LogP contribution in [0.4, 0.5) is 5.69 Å². The highest BCUT2D eigenvalue weighted by Crippen LogP contribution is 2.40. The Morgan fingerprint density at radius 2 is 1.75 bits per heavy atom. The molecule has 1 aliphatic heterocycles. The molecule has 32 heavy (non-hydrogen) atoms. The Balaban J connectivity index is 2.08. The van der Waals surface area contributed by atoms with Crippen molar-refractivity contribution in [2.24, 2.45) is 0 Å². The fourth-order valence-electron chi connectivity index (χ4n) is 3.95. The van der Waals surface area contributed by atoms with E-state index in [1.54, 1.807) is 19.9 Å². The summed E-state index contributed by atoms with van der Waals surface area (Å²) in [5.41, 5.74) is 1.82. The number of hydrogen-bond donors (Lipinski definition) is 2. The third-order valence-electron chi connectivity index (χ3n) is 5.42. The Hall–Kier alpha value is -3.94. The van der Waals surface area contributed by atoms with Gasteiger partial charge in [0.05, 0.1) is 22.0 Å². The molecule has 2 N–H and O–H groups in total. The summed E-state index contributed by atoms with van der Waals surface area (Å²) < 4.78 is 5.80. The molecule has 1 aliphatic rings. The Labute approximate surface area is 185 Å². The summed E-state index contributed by atoms with van der Waals surface area (Å²) in [6, 6.07) is 14.9. The maximum Gasteiger partial charge on any atom is 0.337 e. The van der Waals surface area contributed by atoms with Gasteiger partial charge in [0.25, 0.3) is 5.69 Å². The smallest absolute Gasteiger partial charge is 0.337 e. The molecule has 3 rings (SSSR count). The van der Waals surface area contributed by atoms with Crippen LogP contribution in [0.2, 0.25) is 0 Å². The number of ether oxygens (including phenoxy) is 1. The van der Waals surface area contributed by atoms with E-state index in [9.17, 15) is 24.8 Å². The first-order chi connectivity index (χ1) is 15.2. The van der Waals surface area contributed by atoms with E-state index >= 15 is 0 Å². The van der Waals surface area contributed by atoms with E-state index in [1.165, 1.54) is 18.2 Å². The second-order valence-electron chi connectivity index (χ2n) is 7.51. The largest absolute Gasteiger partial charge is 0.478 e. The first kappa shape index (κ1) is 22.7. The number of nitrogens with one attached hydrogen (secondary N) is 1. The van der Waals surface area contributed by atoms with Crippen molar-refractivity contribution in [2.45, 2.75) is 39.2 Å². The molecule has 0 aliphatic carbocycles. The number of carbonyl (C=O) groups excluding carboxylic acids is 1. The van der Waals surface area contributed by atoms with Crippen molar-refractivity contribution in [1.29, 1.82) is 0 Å². The van der Waals surface area contributed by atoms with Crippen molar-refractivity contribution in [1.82, 2.24) is 5.32 Å². The SMILES string of the molecule is CC[C@@H](OC(=O)C1=C(C)NC(C)=C(C(=O)O)[C@@H]1c1cccc([N+](=O)[O-])c1)c1ccccc1. The lowest BCUT2D eigenvalue weighted by molar-refractivity contribution is -0.384. The van der Waals surface area contributed by atoms with Gasteiger partial charge in [0.15, 0.2) is 0 Å². The van der Waals surface area contributed by atoms with Crippen LogP contribution in [0.5, 0.6) is 0 Å². The van der Waals surface area contributed by atoms with Gasteiger partial charge in [-0.3, -0.25) is 10.1 Å². The number of carboxylic acid groups (broad SMARTS) is 1. The number of nitrogens with zero attached hydrogens (tertiary/aromatic N) is 1.